The maximum absolute atomic E-state index is 5.89. The summed E-state index contributed by atoms with van der Waals surface area (Å²) >= 11 is 0. The molecule has 0 saturated carbocycles. The van der Waals surface area contributed by atoms with Gasteiger partial charge in [-0.05, 0) is 52.3 Å². The molecule has 0 bridgehead atoms. The van der Waals surface area contributed by atoms with Crippen molar-refractivity contribution in [2.24, 2.45) is 5.73 Å². The van der Waals surface area contributed by atoms with E-state index in [1.54, 1.807) is 6.20 Å². The van der Waals surface area contributed by atoms with E-state index >= 15 is 0 Å². The minimum absolute atomic E-state index is 0.00336. The Labute approximate surface area is 121 Å². The van der Waals surface area contributed by atoms with Gasteiger partial charge in [-0.2, -0.15) is 0 Å². The second-order valence-electron chi connectivity index (χ2n) is 6.29. The van der Waals surface area contributed by atoms with E-state index in [1.807, 2.05) is 58.8 Å². The Bertz CT molecular complexity index is 479. The van der Waals surface area contributed by atoms with E-state index in [-0.39, 0.29) is 24.4 Å². The van der Waals surface area contributed by atoms with Crippen molar-refractivity contribution in [2.45, 2.75) is 51.9 Å². The van der Waals surface area contributed by atoms with Crippen LogP contribution in [0.15, 0.2) is 24.3 Å². The zero-order valence-electron chi connectivity index (χ0n) is 12.9. The molecule has 1 aliphatic heterocycles. The van der Waals surface area contributed by atoms with Crippen LogP contribution in [0.2, 0.25) is 0 Å². The summed E-state index contributed by atoms with van der Waals surface area (Å²) < 4.78 is 11.8. The zero-order chi connectivity index (χ0) is 15.0. The molecule has 0 aliphatic carbocycles. The third-order valence-electron chi connectivity index (χ3n) is 4.03. The average Bonchev–Trinajstić information content (AvgIpc) is 2.56. The lowest BCUT2D eigenvalue weighted by Gasteiger charge is -2.32. The fourth-order valence-corrected chi connectivity index (χ4v) is 1.93. The van der Waals surface area contributed by atoms with Gasteiger partial charge in [0.15, 0.2) is 0 Å². The van der Waals surface area contributed by atoms with Gasteiger partial charge in [-0.3, -0.25) is 4.98 Å². The number of nitrogens with two attached hydrogens (primary N) is 1. The van der Waals surface area contributed by atoms with Gasteiger partial charge < -0.3 is 15.0 Å². The first-order chi connectivity index (χ1) is 9.21. The number of nitrogens with zero attached hydrogens (tertiary/aromatic N) is 1. The summed E-state index contributed by atoms with van der Waals surface area (Å²) in [6.07, 6.45) is 3.71. The van der Waals surface area contributed by atoms with Crippen molar-refractivity contribution in [2.75, 3.05) is 0 Å². The third kappa shape index (κ3) is 3.11. The molecule has 108 valence electrons. The maximum Gasteiger partial charge on any atom is 0.487 e. The van der Waals surface area contributed by atoms with Gasteiger partial charge in [-0.1, -0.05) is 12.0 Å². The van der Waals surface area contributed by atoms with Gasteiger partial charge in [0.05, 0.1) is 16.9 Å². The largest absolute Gasteiger partial charge is 0.487 e. The van der Waals surface area contributed by atoms with Gasteiger partial charge in [0.2, 0.25) is 0 Å². The van der Waals surface area contributed by atoms with Gasteiger partial charge in [0.25, 0.3) is 0 Å². The molecule has 2 rings (SSSR count). The van der Waals surface area contributed by atoms with E-state index in [4.69, 9.17) is 15.0 Å². The molecule has 1 aliphatic rings. The van der Waals surface area contributed by atoms with Gasteiger partial charge in [0, 0.05) is 12.2 Å². The molecule has 1 unspecified atom stereocenters. The second kappa shape index (κ2) is 5.32. The Hall–Kier alpha value is -1.17. The van der Waals surface area contributed by atoms with E-state index < -0.39 is 0 Å². The van der Waals surface area contributed by atoms with Gasteiger partial charge in [0.1, 0.15) is 0 Å². The van der Waals surface area contributed by atoms with Crippen LogP contribution in [0.25, 0.3) is 6.08 Å². The first-order valence-electron chi connectivity index (χ1n) is 6.97. The zero-order valence-corrected chi connectivity index (χ0v) is 12.9. The van der Waals surface area contributed by atoms with Crippen molar-refractivity contribution in [3.05, 3.63) is 35.6 Å². The van der Waals surface area contributed by atoms with Crippen molar-refractivity contribution in [3.63, 3.8) is 0 Å². The van der Waals surface area contributed by atoms with Crippen LogP contribution in [0.3, 0.4) is 0 Å². The standard InChI is InChI=1S/C15H23BN2O2/c1-11(17)12-6-7-13(18-10-12)8-9-16-19-14(2,3)15(4,5)20-16/h6-11H,17H2,1-5H3/b9-8+. The van der Waals surface area contributed by atoms with Crippen LogP contribution >= 0.6 is 0 Å². The number of pyridine rings is 1. The molecule has 5 heteroatoms. The summed E-state index contributed by atoms with van der Waals surface area (Å²) in [4.78, 5) is 4.36. The quantitative estimate of drug-likeness (QED) is 0.861. The van der Waals surface area contributed by atoms with Crippen molar-refractivity contribution < 1.29 is 9.31 Å². The molecule has 0 aromatic carbocycles. The minimum Gasteiger partial charge on any atom is -0.400 e. The van der Waals surface area contributed by atoms with Crippen LogP contribution < -0.4 is 5.73 Å². The van der Waals surface area contributed by atoms with Gasteiger partial charge >= 0.3 is 7.12 Å². The summed E-state index contributed by atoms with van der Waals surface area (Å²) in [6.45, 7) is 10.1. The Morgan fingerprint density at radius 3 is 2.25 bits per heavy atom. The van der Waals surface area contributed by atoms with E-state index in [0.29, 0.717) is 0 Å². The van der Waals surface area contributed by atoms with Crippen LogP contribution in [-0.4, -0.2) is 23.3 Å². The number of aromatic nitrogens is 1. The fourth-order valence-electron chi connectivity index (χ4n) is 1.93. The molecule has 1 aromatic rings. The summed E-state index contributed by atoms with van der Waals surface area (Å²) in [6, 6.07) is 3.94. The molecule has 1 fully saturated rings. The van der Waals surface area contributed by atoms with Crippen molar-refractivity contribution in [3.8, 4) is 0 Å². The van der Waals surface area contributed by atoms with Crippen LogP contribution in [0.5, 0.6) is 0 Å². The minimum atomic E-state index is -0.338. The molecule has 2 N–H and O–H groups in total. The van der Waals surface area contributed by atoms with Gasteiger partial charge in [-0.25, -0.2) is 0 Å². The van der Waals surface area contributed by atoms with E-state index in [1.165, 1.54) is 0 Å². The van der Waals surface area contributed by atoms with E-state index in [2.05, 4.69) is 4.98 Å². The summed E-state index contributed by atoms with van der Waals surface area (Å²) in [5, 5.41) is 0. The topological polar surface area (TPSA) is 57.4 Å². The summed E-state index contributed by atoms with van der Waals surface area (Å²) in [5.74, 6) is 1.89. The molecule has 0 spiro atoms. The Morgan fingerprint density at radius 1 is 1.20 bits per heavy atom. The van der Waals surface area contributed by atoms with E-state index in [0.717, 1.165) is 11.3 Å². The SMILES string of the molecule is CC(N)c1ccc(/C=C/B2OC(C)(C)C(C)(C)O2)nc1. The molecule has 4 nitrogen and oxygen atoms in total. The van der Waals surface area contributed by atoms with E-state index in [9.17, 15) is 0 Å². The highest BCUT2D eigenvalue weighted by Crippen LogP contribution is 2.36. The Morgan fingerprint density at radius 2 is 1.80 bits per heavy atom. The molecular weight excluding hydrogens is 251 g/mol. The lowest BCUT2D eigenvalue weighted by Crippen LogP contribution is -2.41. The fraction of sp³-hybridized carbons (Fsp3) is 0.533. The predicted molar refractivity (Wildman–Crippen MR) is 82.0 cm³/mol. The average molecular weight is 274 g/mol. The highest BCUT2D eigenvalue weighted by molar-refractivity contribution is 6.52. The lowest BCUT2D eigenvalue weighted by molar-refractivity contribution is 0.00578. The number of rotatable bonds is 3. The first kappa shape index (κ1) is 15.2. The molecule has 20 heavy (non-hydrogen) atoms. The molecule has 0 amide bonds. The van der Waals surface area contributed by atoms with Crippen molar-refractivity contribution in [1.29, 1.82) is 0 Å². The lowest BCUT2D eigenvalue weighted by atomic mass is 9.89. The number of hydrogen-bond donors (Lipinski definition) is 1. The van der Waals surface area contributed by atoms with Crippen LogP contribution in [-0.2, 0) is 9.31 Å². The predicted octanol–water partition coefficient (Wildman–Crippen LogP) is 2.75. The molecular formula is C15H23BN2O2. The highest BCUT2D eigenvalue weighted by atomic mass is 16.7. The summed E-state index contributed by atoms with van der Waals surface area (Å²) in [5.41, 5.74) is 7.07. The molecule has 1 atom stereocenters. The monoisotopic (exact) mass is 274 g/mol. The first-order valence-corrected chi connectivity index (χ1v) is 6.97. The molecule has 1 aromatic heterocycles. The van der Waals surface area contributed by atoms with Gasteiger partial charge in [-0.15, -0.1) is 0 Å². The molecule has 2 heterocycles. The smallest absolute Gasteiger partial charge is 0.400 e. The molecule has 0 radical (unpaired) electrons. The van der Waals surface area contributed by atoms with Crippen LogP contribution in [0.4, 0.5) is 0 Å². The Balaban J connectivity index is 2.04. The normalized spacial score (nSPS) is 22.4. The Kier molecular flexibility index (Phi) is 4.05. The maximum atomic E-state index is 5.89. The van der Waals surface area contributed by atoms with Crippen molar-refractivity contribution >= 4 is 13.2 Å². The van der Waals surface area contributed by atoms with Crippen molar-refractivity contribution in [1.82, 2.24) is 4.98 Å². The molecule has 1 saturated heterocycles. The number of hydrogen-bond acceptors (Lipinski definition) is 4. The second-order valence-corrected chi connectivity index (χ2v) is 6.29. The van der Waals surface area contributed by atoms with Crippen LogP contribution in [0, 0.1) is 0 Å². The third-order valence-corrected chi connectivity index (χ3v) is 4.03. The van der Waals surface area contributed by atoms with Crippen LogP contribution in [0.1, 0.15) is 51.9 Å². The summed E-state index contributed by atoms with van der Waals surface area (Å²) in [7, 11) is -0.338. The highest BCUT2D eigenvalue weighted by Gasteiger charge is 2.49.